The van der Waals surface area contributed by atoms with E-state index in [-0.39, 0.29) is 29.5 Å². The summed E-state index contributed by atoms with van der Waals surface area (Å²) in [6, 6.07) is 4.27. The van der Waals surface area contributed by atoms with E-state index in [1.54, 1.807) is 4.90 Å². The number of carbonyl (C=O) groups excluding carboxylic acids is 4. The molecular formula is C19H24N2O5. The summed E-state index contributed by atoms with van der Waals surface area (Å²) in [7, 11) is 0. The van der Waals surface area contributed by atoms with Crippen molar-refractivity contribution in [3.8, 4) is 0 Å². The molecule has 0 atom stereocenters. The van der Waals surface area contributed by atoms with E-state index in [9.17, 15) is 19.2 Å². The fourth-order valence-electron chi connectivity index (χ4n) is 2.82. The largest absolute Gasteiger partial charge is 0.452 e. The molecule has 0 saturated carbocycles. The number of rotatable bonds is 8. The zero-order valence-electron chi connectivity index (χ0n) is 15.4. The van der Waals surface area contributed by atoms with Gasteiger partial charge in [-0.2, -0.15) is 0 Å². The molecular weight excluding hydrogens is 336 g/mol. The molecule has 0 saturated heterocycles. The van der Waals surface area contributed by atoms with Gasteiger partial charge in [0.25, 0.3) is 17.7 Å². The second-order valence-electron chi connectivity index (χ2n) is 6.02. The van der Waals surface area contributed by atoms with Gasteiger partial charge in [0.15, 0.2) is 6.61 Å². The Hall–Kier alpha value is -2.70. The van der Waals surface area contributed by atoms with Crippen molar-refractivity contribution in [1.82, 2.24) is 9.80 Å². The van der Waals surface area contributed by atoms with Gasteiger partial charge >= 0.3 is 5.97 Å². The molecule has 0 aliphatic carbocycles. The molecule has 7 heteroatoms. The van der Waals surface area contributed by atoms with Crippen molar-refractivity contribution in [3.63, 3.8) is 0 Å². The first-order valence-corrected chi connectivity index (χ1v) is 8.89. The van der Waals surface area contributed by atoms with Crippen LogP contribution in [0.15, 0.2) is 18.2 Å². The first-order valence-electron chi connectivity index (χ1n) is 8.89. The van der Waals surface area contributed by atoms with Crippen LogP contribution in [0.2, 0.25) is 0 Å². The molecule has 0 spiro atoms. The summed E-state index contributed by atoms with van der Waals surface area (Å²) < 4.78 is 5.05. The van der Waals surface area contributed by atoms with Crippen LogP contribution >= 0.6 is 0 Å². The lowest BCUT2D eigenvalue weighted by Crippen LogP contribution is -2.34. The van der Waals surface area contributed by atoms with Crippen LogP contribution in [0.3, 0.4) is 0 Å². The molecule has 7 nitrogen and oxygen atoms in total. The highest BCUT2D eigenvalue weighted by Crippen LogP contribution is 2.24. The molecule has 1 aromatic rings. The molecule has 0 radical (unpaired) electrons. The van der Waals surface area contributed by atoms with Crippen LogP contribution < -0.4 is 0 Å². The number of likely N-dealkylation sites (N-methyl/N-ethyl adjacent to an activating group) is 1. The van der Waals surface area contributed by atoms with Crippen molar-refractivity contribution >= 4 is 23.7 Å². The number of ether oxygens (including phenoxy) is 1. The van der Waals surface area contributed by atoms with E-state index in [4.69, 9.17) is 4.74 Å². The fraction of sp³-hybridized carbons (Fsp3) is 0.474. The molecule has 0 aromatic heterocycles. The molecule has 1 aromatic carbocycles. The van der Waals surface area contributed by atoms with Crippen LogP contribution in [0.1, 0.15) is 64.7 Å². The third kappa shape index (κ3) is 3.92. The van der Waals surface area contributed by atoms with Gasteiger partial charge in [-0.1, -0.05) is 13.3 Å². The minimum Gasteiger partial charge on any atom is -0.452 e. The number of unbranched alkanes of at least 4 members (excludes halogenated alkanes) is 1. The van der Waals surface area contributed by atoms with Crippen molar-refractivity contribution < 1.29 is 23.9 Å². The van der Waals surface area contributed by atoms with Gasteiger partial charge in [0.05, 0.1) is 16.7 Å². The molecule has 0 bridgehead atoms. The summed E-state index contributed by atoms with van der Waals surface area (Å²) in [6.45, 7) is 6.75. The highest BCUT2D eigenvalue weighted by Gasteiger charge is 2.35. The number of hydrogen-bond donors (Lipinski definition) is 0. The lowest BCUT2D eigenvalue weighted by molar-refractivity contribution is -0.134. The van der Waals surface area contributed by atoms with Crippen LogP contribution in [-0.4, -0.2) is 59.7 Å². The Morgan fingerprint density at radius 1 is 1.04 bits per heavy atom. The van der Waals surface area contributed by atoms with Crippen molar-refractivity contribution in [2.75, 3.05) is 26.2 Å². The third-order valence-corrected chi connectivity index (χ3v) is 4.38. The van der Waals surface area contributed by atoms with E-state index in [1.807, 2.05) is 20.8 Å². The molecule has 2 rings (SSSR count). The van der Waals surface area contributed by atoms with Gasteiger partial charge in [-0.15, -0.1) is 0 Å². The first-order chi connectivity index (χ1) is 12.4. The summed E-state index contributed by atoms with van der Waals surface area (Å²) in [5.74, 6) is -1.70. The van der Waals surface area contributed by atoms with Crippen LogP contribution in [0.25, 0.3) is 0 Å². The van der Waals surface area contributed by atoms with Crippen molar-refractivity contribution in [3.05, 3.63) is 34.9 Å². The van der Waals surface area contributed by atoms with Gasteiger partial charge in [0.2, 0.25) is 0 Å². The molecule has 0 fully saturated rings. The Balaban J connectivity index is 2.09. The van der Waals surface area contributed by atoms with Gasteiger partial charge in [-0.25, -0.2) is 4.79 Å². The molecule has 0 N–H and O–H groups in total. The van der Waals surface area contributed by atoms with Gasteiger partial charge < -0.3 is 9.64 Å². The average Bonchev–Trinajstić information content (AvgIpc) is 2.89. The SMILES string of the molecule is CCCCN1C(=O)c2ccc(C(=O)OCC(=O)N(CC)CC)cc2C1=O. The summed E-state index contributed by atoms with van der Waals surface area (Å²) >= 11 is 0. The lowest BCUT2D eigenvalue weighted by atomic mass is 10.1. The molecule has 1 heterocycles. The highest BCUT2D eigenvalue weighted by atomic mass is 16.5. The Kier molecular flexibility index (Phi) is 6.49. The molecule has 140 valence electrons. The van der Waals surface area contributed by atoms with Crippen molar-refractivity contribution in [2.45, 2.75) is 33.6 Å². The van der Waals surface area contributed by atoms with E-state index in [1.165, 1.54) is 23.1 Å². The number of benzene rings is 1. The van der Waals surface area contributed by atoms with Crippen LogP contribution in [-0.2, 0) is 9.53 Å². The third-order valence-electron chi connectivity index (χ3n) is 4.38. The Bertz CT molecular complexity index is 725. The van der Waals surface area contributed by atoms with E-state index >= 15 is 0 Å². The lowest BCUT2D eigenvalue weighted by Gasteiger charge is -2.18. The number of esters is 1. The van der Waals surface area contributed by atoms with E-state index in [0.717, 1.165) is 12.8 Å². The smallest absolute Gasteiger partial charge is 0.338 e. The van der Waals surface area contributed by atoms with E-state index in [2.05, 4.69) is 0 Å². The van der Waals surface area contributed by atoms with Gasteiger partial charge in [0.1, 0.15) is 0 Å². The average molecular weight is 360 g/mol. The monoisotopic (exact) mass is 360 g/mol. The number of nitrogens with zero attached hydrogens (tertiary/aromatic N) is 2. The normalized spacial score (nSPS) is 13.0. The minimum atomic E-state index is -0.694. The standard InChI is InChI=1S/C19H24N2O5/c1-4-7-10-21-17(23)14-9-8-13(11-15(14)18(21)24)19(25)26-12-16(22)20(5-2)6-3/h8-9,11H,4-7,10,12H2,1-3H3. The quantitative estimate of drug-likeness (QED) is 0.524. The van der Waals surface area contributed by atoms with Gasteiger partial charge in [0, 0.05) is 19.6 Å². The summed E-state index contributed by atoms with van der Waals surface area (Å²) in [5, 5.41) is 0. The molecule has 0 unspecified atom stereocenters. The van der Waals surface area contributed by atoms with Crippen molar-refractivity contribution in [1.29, 1.82) is 0 Å². The number of hydrogen-bond acceptors (Lipinski definition) is 5. The first kappa shape index (κ1) is 19.6. The highest BCUT2D eigenvalue weighted by molar-refractivity contribution is 6.21. The summed E-state index contributed by atoms with van der Waals surface area (Å²) in [4.78, 5) is 51.6. The predicted molar refractivity (Wildman–Crippen MR) is 94.9 cm³/mol. The topological polar surface area (TPSA) is 84.0 Å². The predicted octanol–water partition coefficient (Wildman–Crippen LogP) is 2.11. The van der Waals surface area contributed by atoms with Crippen LogP contribution in [0, 0.1) is 0 Å². The molecule has 1 aliphatic heterocycles. The van der Waals surface area contributed by atoms with Crippen LogP contribution in [0.5, 0.6) is 0 Å². The molecule has 3 amide bonds. The number of fused-ring (bicyclic) bond motifs is 1. The maximum absolute atomic E-state index is 12.4. The summed E-state index contributed by atoms with van der Waals surface area (Å²) in [5.41, 5.74) is 0.645. The Morgan fingerprint density at radius 3 is 2.31 bits per heavy atom. The summed E-state index contributed by atoms with van der Waals surface area (Å²) in [6.07, 6.45) is 1.60. The van der Waals surface area contributed by atoms with Gasteiger partial charge in [-0.3, -0.25) is 19.3 Å². The Labute approximate surface area is 152 Å². The molecule has 26 heavy (non-hydrogen) atoms. The maximum atomic E-state index is 12.4. The number of carbonyl (C=O) groups is 4. The number of imide groups is 1. The van der Waals surface area contributed by atoms with E-state index < -0.39 is 11.9 Å². The fourth-order valence-corrected chi connectivity index (χ4v) is 2.82. The second-order valence-corrected chi connectivity index (χ2v) is 6.02. The minimum absolute atomic E-state index is 0.148. The molecule has 1 aliphatic rings. The van der Waals surface area contributed by atoms with Crippen LogP contribution in [0.4, 0.5) is 0 Å². The number of amides is 3. The Morgan fingerprint density at radius 2 is 1.69 bits per heavy atom. The zero-order valence-corrected chi connectivity index (χ0v) is 15.4. The van der Waals surface area contributed by atoms with Crippen molar-refractivity contribution in [2.24, 2.45) is 0 Å². The second kappa shape index (κ2) is 8.60. The zero-order chi connectivity index (χ0) is 19.3. The van der Waals surface area contributed by atoms with E-state index in [0.29, 0.717) is 25.2 Å². The maximum Gasteiger partial charge on any atom is 0.338 e. The van der Waals surface area contributed by atoms with Gasteiger partial charge in [-0.05, 0) is 38.5 Å².